The van der Waals surface area contributed by atoms with Crippen molar-refractivity contribution in [3.8, 4) is 11.5 Å². The molecule has 0 aliphatic carbocycles. The summed E-state index contributed by atoms with van der Waals surface area (Å²) >= 11 is 0. The monoisotopic (exact) mass is 366 g/mol. The number of hydrogen-bond acceptors (Lipinski definition) is 5. The molecule has 0 bridgehead atoms. The molecule has 1 fully saturated rings. The summed E-state index contributed by atoms with van der Waals surface area (Å²) in [6, 6.07) is 7.75. The van der Waals surface area contributed by atoms with E-state index >= 15 is 0 Å². The number of aromatic nitrogens is 1. The molecule has 3 heterocycles. The third kappa shape index (κ3) is 3.05. The van der Waals surface area contributed by atoms with Crippen molar-refractivity contribution in [1.29, 1.82) is 0 Å². The average Bonchev–Trinajstić information content (AvgIpc) is 3.08. The Morgan fingerprint density at radius 1 is 1.15 bits per heavy atom. The highest BCUT2D eigenvalue weighted by Gasteiger charge is 2.38. The van der Waals surface area contributed by atoms with Gasteiger partial charge in [-0.05, 0) is 36.2 Å². The number of nitrogens with zero attached hydrogens (tertiary/aromatic N) is 2. The van der Waals surface area contributed by atoms with Crippen molar-refractivity contribution in [2.75, 3.05) is 24.8 Å². The molecule has 0 amide bonds. The van der Waals surface area contributed by atoms with E-state index in [1.807, 2.05) is 12.1 Å². The molecule has 1 aromatic carbocycles. The lowest BCUT2D eigenvalue weighted by molar-refractivity contribution is -0.137. The second kappa shape index (κ2) is 6.35. The van der Waals surface area contributed by atoms with E-state index in [-0.39, 0.29) is 25.1 Å². The SMILES string of the molecule is O[C@@H]1CN(c2ncccc2C(F)(F)F)CC[C@H]1c1ccc2c(c1)OCO2. The zero-order valence-corrected chi connectivity index (χ0v) is 13.7. The number of halogens is 3. The number of fused-ring (bicyclic) bond motifs is 1. The number of hydrogen-bond donors (Lipinski definition) is 1. The van der Waals surface area contributed by atoms with Crippen LogP contribution < -0.4 is 14.4 Å². The van der Waals surface area contributed by atoms with E-state index in [4.69, 9.17) is 9.47 Å². The minimum Gasteiger partial charge on any atom is -0.454 e. The van der Waals surface area contributed by atoms with Gasteiger partial charge >= 0.3 is 6.18 Å². The maximum absolute atomic E-state index is 13.2. The largest absolute Gasteiger partial charge is 0.454 e. The maximum atomic E-state index is 13.2. The number of piperidine rings is 1. The van der Waals surface area contributed by atoms with Gasteiger partial charge in [-0.15, -0.1) is 0 Å². The molecule has 8 heteroatoms. The van der Waals surface area contributed by atoms with Gasteiger partial charge in [-0.2, -0.15) is 13.2 Å². The Balaban J connectivity index is 1.55. The van der Waals surface area contributed by atoms with E-state index in [1.165, 1.54) is 17.2 Å². The first-order valence-corrected chi connectivity index (χ1v) is 8.28. The van der Waals surface area contributed by atoms with Crippen LogP contribution in [-0.2, 0) is 6.18 Å². The fraction of sp³-hybridized carbons (Fsp3) is 0.389. The van der Waals surface area contributed by atoms with E-state index in [1.54, 1.807) is 6.07 Å². The zero-order valence-electron chi connectivity index (χ0n) is 13.7. The number of pyridine rings is 1. The molecule has 1 saturated heterocycles. The molecule has 2 aliphatic rings. The summed E-state index contributed by atoms with van der Waals surface area (Å²) in [7, 11) is 0. The summed E-state index contributed by atoms with van der Waals surface area (Å²) in [5.74, 6) is 0.965. The van der Waals surface area contributed by atoms with Gasteiger partial charge in [0.25, 0.3) is 0 Å². The Hall–Kier alpha value is -2.48. The summed E-state index contributed by atoms with van der Waals surface area (Å²) in [5.41, 5.74) is 0.104. The summed E-state index contributed by atoms with van der Waals surface area (Å²) in [4.78, 5) is 5.40. The van der Waals surface area contributed by atoms with Crippen LogP contribution >= 0.6 is 0 Å². The van der Waals surface area contributed by atoms with Gasteiger partial charge in [-0.1, -0.05) is 6.07 Å². The van der Waals surface area contributed by atoms with E-state index in [0.717, 1.165) is 11.6 Å². The predicted octanol–water partition coefficient (Wildman–Crippen LogP) is 3.18. The number of ether oxygens (including phenoxy) is 2. The number of aliphatic hydroxyl groups is 1. The van der Waals surface area contributed by atoms with Gasteiger partial charge in [-0.3, -0.25) is 0 Å². The van der Waals surface area contributed by atoms with Crippen LogP contribution in [0, 0.1) is 0 Å². The molecule has 1 N–H and O–H groups in total. The maximum Gasteiger partial charge on any atom is 0.419 e. The Labute approximate surface area is 148 Å². The van der Waals surface area contributed by atoms with Gasteiger partial charge in [0.2, 0.25) is 6.79 Å². The average molecular weight is 366 g/mol. The van der Waals surface area contributed by atoms with Gasteiger partial charge in [0.05, 0.1) is 11.7 Å². The van der Waals surface area contributed by atoms with Crippen LogP contribution in [0.5, 0.6) is 11.5 Å². The van der Waals surface area contributed by atoms with Crippen molar-refractivity contribution in [2.24, 2.45) is 0 Å². The van der Waals surface area contributed by atoms with Crippen molar-refractivity contribution in [2.45, 2.75) is 24.6 Å². The Kier molecular flexibility index (Phi) is 4.14. The minimum atomic E-state index is -4.48. The lowest BCUT2D eigenvalue weighted by atomic mass is 9.86. The molecular weight excluding hydrogens is 349 g/mol. The first kappa shape index (κ1) is 17.0. The molecule has 1 aromatic heterocycles. The van der Waals surface area contributed by atoms with Crippen molar-refractivity contribution in [3.63, 3.8) is 0 Å². The molecule has 138 valence electrons. The van der Waals surface area contributed by atoms with Crippen LogP contribution in [-0.4, -0.2) is 36.1 Å². The molecule has 2 atom stereocenters. The van der Waals surface area contributed by atoms with Gasteiger partial charge in [0.1, 0.15) is 5.82 Å². The van der Waals surface area contributed by atoms with Crippen molar-refractivity contribution in [1.82, 2.24) is 4.98 Å². The van der Waals surface area contributed by atoms with Crippen LogP contribution in [0.25, 0.3) is 0 Å². The van der Waals surface area contributed by atoms with Gasteiger partial charge in [-0.25, -0.2) is 4.98 Å². The third-order valence-electron chi connectivity index (χ3n) is 4.80. The van der Waals surface area contributed by atoms with Crippen LogP contribution in [0.4, 0.5) is 19.0 Å². The molecule has 0 radical (unpaired) electrons. The van der Waals surface area contributed by atoms with Crippen molar-refractivity contribution in [3.05, 3.63) is 47.7 Å². The quantitative estimate of drug-likeness (QED) is 0.885. The fourth-order valence-corrected chi connectivity index (χ4v) is 3.53. The zero-order chi connectivity index (χ0) is 18.3. The van der Waals surface area contributed by atoms with E-state index < -0.39 is 17.8 Å². The summed E-state index contributed by atoms with van der Waals surface area (Å²) in [6.45, 7) is 0.620. The van der Waals surface area contributed by atoms with E-state index in [2.05, 4.69) is 4.98 Å². The highest BCUT2D eigenvalue weighted by molar-refractivity contribution is 5.50. The second-order valence-electron chi connectivity index (χ2n) is 6.39. The molecule has 5 nitrogen and oxygen atoms in total. The van der Waals surface area contributed by atoms with Crippen molar-refractivity contribution >= 4 is 5.82 Å². The molecule has 2 aliphatic heterocycles. The first-order valence-electron chi connectivity index (χ1n) is 8.28. The van der Waals surface area contributed by atoms with Gasteiger partial charge in [0.15, 0.2) is 11.5 Å². The summed E-state index contributed by atoms with van der Waals surface area (Å²) in [6.07, 6.45) is -3.45. The third-order valence-corrected chi connectivity index (χ3v) is 4.80. The van der Waals surface area contributed by atoms with E-state index in [0.29, 0.717) is 24.5 Å². The Bertz CT molecular complexity index is 813. The molecule has 0 spiro atoms. The van der Waals surface area contributed by atoms with Gasteiger partial charge < -0.3 is 19.5 Å². The Morgan fingerprint density at radius 2 is 1.96 bits per heavy atom. The van der Waals surface area contributed by atoms with Crippen LogP contribution in [0.2, 0.25) is 0 Å². The molecule has 4 rings (SSSR count). The second-order valence-corrected chi connectivity index (χ2v) is 6.39. The highest BCUT2D eigenvalue weighted by atomic mass is 19.4. The fourth-order valence-electron chi connectivity index (χ4n) is 3.53. The lowest BCUT2D eigenvalue weighted by Gasteiger charge is -2.37. The van der Waals surface area contributed by atoms with E-state index in [9.17, 15) is 18.3 Å². The summed E-state index contributed by atoms with van der Waals surface area (Å²) in [5, 5.41) is 10.6. The number of alkyl halides is 3. The summed E-state index contributed by atoms with van der Waals surface area (Å²) < 4.78 is 50.3. The molecule has 2 aromatic rings. The first-order chi connectivity index (χ1) is 12.4. The highest BCUT2D eigenvalue weighted by Crippen LogP contribution is 2.40. The molecule has 0 saturated carbocycles. The normalized spacial score (nSPS) is 22.5. The Morgan fingerprint density at radius 3 is 2.73 bits per heavy atom. The number of rotatable bonds is 2. The lowest BCUT2D eigenvalue weighted by Crippen LogP contribution is -2.44. The smallest absolute Gasteiger partial charge is 0.419 e. The number of anilines is 1. The topological polar surface area (TPSA) is 54.8 Å². The predicted molar refractivity (Wildman–Crippen MR) is 87.4 cm³/mol. The van der Waals surface area contributed by atoms with Crippen molar-refractivity contribution < 1.29 is 27.8 Å². The number of aliphatic hydroxyl groups excluding tert-OH is 1. The van der Waals surface area contributed by atoms with Crippen LogP contribution in [0.1, 0.15) is 23.5 Å². The number of β-amino-alcohol motifs (C(OH)–C–C–N with tert-alkyl or cyclic N) is 1. The molecule has 0 unspecified atom stereocenters. The number of benzene rings is 1. The minimum absolute atomic E-state index is 0.0825. The van der Waals surface area contributed by atoms with Crippen LogP contribution in [0.3, 0.4) is 0 Å². The standard InChI is InChI=1S/C18H17F3N2O3/c19-18(20,21)13-2-1-6-22-17(13)23-7-5-12(14(24)9-23)11-3-4-15-16(8-11)26-10-25-15/h1-4,6,8,12,14,24H,5,7,9-10H2/t12-,14+/m0/s1. The molecule has 26 heavy (non-hydrogen) atoms. The van der Waals surface area contributed by atoms with Gasteiger partial charge in [0, 0.05) is 25.2 Å². The van der Waals surface area contributed by atoms with Crippen LogP contribution in [0.15, 0.2) is 36.5 Å². The molecular formula is C18H17F3N2O3.